The summed E-state index contributed by atoms with van der Waals surface area (Å²) in [5.41, 5.74) is 1.64. The van der Waals surface area contributed by atoms with E-state index in [1.54, 1.807) is 19.2 Å². The third-order valence-corrected chi connectivity index (χ3v) is 9.94. The summed E-state index contributed by atoms with van der Waals surface area (Å²) in [6.07, 6.45) is 6.70. The molecule has 1 amide bonds. The topological polar surface area (TPSA) is 47.6 Å². The van der Waals surface area contributed by atoms with Crippen molar-refractivity contribution in [2.45, 2.75) is 62.0 Å². The summed E-state index contributed by atoms with van der Waals surface area (Å²) in [4.78, 5) is 13.1. The Morgan fingerprint density at radius 1 is 1.08 bits per heavy atom. The van der Waals surface area contributed by atoms with Crippen LogP contribution in [0.15, 0.2) is 42.5 Å². The lowest BCUT2D eigenvalue weighted by Gasteiger charge is -2.61. The van der Waals surface area contributed by atoms with Crippen molar-refractivity contribution in [1.29, 1.82) is 0 Å². The van der Waals surface area contributed by atoms with Gasteiger partial charge in [0, 0.05) is 30.9 Å². The van der Waals surface area contributed by atoms with E-state index in [0.717, 1.165) is 60.5 Å². The van der Waals surface area contributed by atoms with E-state index in [0.29, 0.717) is 10.0 Å². The number of ether oxygens (including phenoxy) is 2. The Kier molecular flexibility index (Phi) is 7.54. The van der Waals surface area contributed by atoms with E-state index in [-0.39, 0.29) is 29.4 Å². The van der Waals surface area contributed by atoms with Crippen molar-refractivity contribution in [1.82, 2.24) is 5.32 Å². The summed E-state index contributed by atoms with van der Waals surface area (Å²) in [5.74, 6) is 1.74. The minimum atomic E-state index is -0.286. The van der Waals surface area contributed by atoms with Crippen molar-refractivity contribution in [2.75, 3.05) is 40.9 Å². The van der Waals surface area contributed by atoms with Crippen molar-refractivity contribution in [3.8, 4) is 5.75 Å². The molecule has 2 saturated carbocycles. The minimum absolute atomic E-state index is 0.0132. The van der Waals surface area contributed by atoms with Gasteiger partial charge in [-0.25, -0.2) is 0 Å². The molecule has 0 bridgehead atoms. The van der Waals surface area contributed by atoms with Crippen molar-refractivity contribution >= 4 is 29.1 Å². The Morgan fingerprint density at radius 3 is 2.59 bits per heavy atom. The molecule has 1 unspecified atom stereocenters. The highest BCUT2D eigenvalue weighted by Gasteiger charge is 2.63. The first-order chi connectivity index (χ1) is 17.7. The van der Waals surface area contributed by atoms with Gasteiger partial charge in [0.25, 0.3) is 0 Å². The Hall–Kier alpha value is -1.79. The quantitative estimate of drug-likeness (QED) is 0.426. The number of methoxy groups -OCH3 is 2. The van der Waals surface area contributed by atoms with E-state index >= 15 is 0 Å². The standard InChI is InChI=1S/C30H38Cl2N2O3/c1-34(19-21-7-8-21)14-13-29(23-5-4-6-25(17-23)36-2)18-24(11-12-30(29,20-34)37-3)33-28(35)16-22-9-10-26(31)27(32)15-22/h4-6,9-10,15,17,21,24H,7-8,11-14,16,18-20H2,1-3H3/p+1/t24-,29+,30?,34-/m1/s1. The van der Waals surface area contributed by atoms with Gasteiger partial charge in [-0.15, -0.1) is 0 Å². The average Bonchev–Trinajstić information content (AvgIpc) is 3.70. The van der Waals surface area contributed by atoms with Crippen LogP contribution in [-0.2, 0) is 21.4 Å². The second-order valence-corrected chi connectivity index (χ2v) is 12.6. The van der Waals surface area contributed by atoms with Crippen molar-refractivity contribution in [3.05, 3.63) is 63.6 Å². The lowest BCUT2D eigenvalue weighted by molar-refractivity contribution is -0.925. The lowest BCUT2D eigenvalue weighted by Crippen LogP contribution is -2.72. The summed E-state index contributed by atoms with van der Waals surface area (Å²) in [6.45, 7) is 3.35. The van der Waals surface area contributed by atoms with Gasteiger partial charge >= 0.3 is 0 Å². The number of quaternary nitrogens is 1. The maximum atomic E-state index is 13.1. The first-order valence-electron chi connectivity index (χ1n) is 13.5. The molecule has 0 spiro atoms. The summed E-state index contributed by atoms with van der Waals surface area (Å²) in [7, 11) is 6.03. The van der Waals surface area contributed by atoms with Crippen LogP contribution in [0.2, 0.25) is 10.0 Å². The van der Waals surface area contributed by atoms with E-state index < -0.39 is 0 Å². The fourth-order valence-corrected chi connectivity index (χ4v) is 7.52. The van der Waals surface area contributed by atoms with E-state index in [4.69, 9.17) is 32.7 Å². The number of hydrogen-bond donors (Lipinski definition) is 1. The maximum absolute atomic E-state index is 13.1. The number of nitrogens with one attached hydrogen (secondary N) is 1. The predicted octanol–water partition coefficient (Wildman–Crippen LogP) is 5.80. The Morgan fingerprint density at radius 2 is 1.89 bits per heavy atom. The van der Waals surface area contributed by atoms with Crippen molar-refractivity contribution in [2.24, 2.45) is 5.92 Å². The number of nitrogens with zero attached hydrogens (tertiary/aromatic N) is 1. The van der Waals surface area contributed by atoms with Crippen LogP contribution in [0.4, 0.5) is 0 Å². The third kappa shape index (κ3) is 5.38. The Bertz CT molecular complexity index is 1160. The molecule has 2 aromatic carbocycles. The highest BCUT2D eigenvalue weighted by molar-refractivity contribution is 6.42. The first kappa shape index (κ1) is 26.8. The zero-order valence-corrected chi connectivity index (χ0v) is 23.7. The molecule has 7 heteroatoms. The van der Waals surface area contributed by atoms with Crippen LogP contribution in [0.25, 0.3) is 0 Å². The van der Waals surface area contributed by atoms with E-state index in [1.165, 1.54) is 24.9 Å². The number of amides is 1. The van der Waals surface area contributed by atoms with Gasteiger partial charge in [-0.2, -0.15) is 0 Å². The second kappa shape index (κ2) is 10.4. The number of likely N-dealkylation sites (tertiary alicyclic amines) is 1. The largest absolute Gasteiger partial charge is 0.497 e. The number of halogens is 2. The average molecular weight is 547 g/mol. The Labute approximate surface area is 231 Å². The van der Waals surface area contributed by atoms with Crippen LogP contribution in [0.1, 0.15) is 49.7 Å². The number of carbonyl (C=O) groups excluding carboxylic acids is 1. The van der Waals surface area contributed by atoms with Gasteiger partial charge in [-0.3, -0.25) is 4.79 Å². The normalized spacial score (nSPS) is 31.4. The van der Waals surface area contributed by atoms with Crippen LogP contribution in [0.3, 0.4) is 0 Å². The number of carbonyl (C=O) groups is 1. The molecule has 5 nitrogen and oxygen atoms in total. The fourth-order valence-electron chi connectivity index (χ4n) is 7.20. The molecule has 0 radical (unpaired) electrons. The van der Waals surface area contributed by atoms with Crippen molar-refractivity contribution < 1.29 is 18.8 Å². The van der Waals surface area contributed by atoms with Crippen LogP contribution in [-0.4, -0.2) is 62.9 Å². The lowest BCUT2D eigenvalue weighted by atomic mass is 9.54. The molecule has 37 heavy (non-hydrogen) atoms. The molecule has 5 rings (SSSR count). The van der Waals surface area contributed by atoms with Gasteiger partial charge in [0.15, 0.2) is 0 Å². The van der Waals surface area contributed by atoms with Crippen LogP contribution < -0.4 is 10.1 Å². The molecule has 1 heterocycles. The van der Waals surface area contributed by atoms with Gasteiger partial charge in [-0.1, -0.05) is 41.4 Å². The van der Waals surface area contributed by atoms with E-state index in [9.17, 15) is 4.79 Å². The van der Waals surface area contributed by atoms with Gasteiger partial charge in [0.05, 0.1) is 43.7 Å². The molecule has 4 atom stereocenters. The van der Waals surface area contributed by atoms with Crippen LogP contribution in [0, 0.1) is 5.92 Å². The van der Waals surface area contributed by atoms with Gasteiger partial charge < -0.3 is 19.3 Å². The molecule has 3 fully saturated rings. The maximum Gasteiger partial charge on any atom is 0.224 e. The molecule has 1 aliphatic heterocycles. The van der Waals surface area contributed by atoms with Gasteiger partial charge in [0.2, 0.25) is 5.91 Å². The number of benzene rings is 2. The second-order valence-electron chi connectivity index (χ2n) is 11.8. The Balaban J connectivity index is 1.41. The smallest absolute Gasteiger partial charge is 0.224 e. The number of hydrogen-bond acceptors (Lipinski definition) is 3. The van der Waals surface area contributed by atoms with Gasteiger partial charge in [0.1, 0.15) is 17.9 Å². The summed E-state index contributed by atoms with van der Waals surface area (Å²) >= 11 is 12.2. The molecular formula is C30H39Cl2N2O3+. The third-order valence-electron chi connectivity index (χ3n) is 9.20. The zero-order chi connectivity index (χ0) is 26.3. The fraction of sp³-hybridized carbons (Fsp3) is 0.567. The van der Waals surface area contributed by atoms with Crippen molar-refractivity contribution in [3.63, 3.8) is 0 Å². The molecular weight excluding hydrogens is 507 g/mol. The van der Waals surface area contributed by atoms with Crippen LogP contribution >= 0.6 is 23.2 Å². The zero-order valence-electron chi connectivity index (χ0n) is 22.2. The molecule has 3 aliphatic rings. The molecule has 2 aromatic rings. The predicted molar refractivity (Wildman–Crippen MR) is 148 cm³/mol. The number of rotatable bonds is 8. The highest BCUT2D eigenvalue weighted by atomic mass is 35.5. The summed E-state index contributed by atoms with van der Waals surface area (Å²) in [5, 5.41) is 4.33. The van der Waals surface area contributed by atoms with E-state index in [2.05, 4.69) is 30.6 Å². The highest BCUT2D eigenvalue weighted by Crippen LogP contribution is 2.55. The first-order valence-corrected chi connectivity index (χ1v) is 14.2. The van der Waals surface area contributed by atoms with E-state index in [1.807, 2.05) is 19.2 Å². The number of fused-ring (bicyclic) bond motifs is 1. The molecule has 200 valence electrons. The summed E-state index contributed by atoms with van der Waals surface area (Å²) < 4.78 is 13.3. The molecule has 1 saturated heterocycles. The SMILES string of the molecule is COc1cccc([C@@]23CC[N@+](C)(CC4CC4)CC2(OC)CC[C@@H](NC(=O)Cc2ccc(Cl)c(Cl)c2)C3)c1. The molecule has 0 aromatic heterocycles. The number of piperidine rings is 1. The van der Waals surface area contributed by atoms with Crippen LogP contribution in [0.5, 0.6) is 5.75 Å². The molecule has 1 N–H and O–H groups in total. The number of likely N-dealkylation sites (N-methyl/N-ethyl adjacent to an activating group) is 1. The monoisotopic (exact) mass is 545 g/mol. The molecule has 2 aliphatic carbocycles. The van der Waals surface area contributed by atoms with Gasteiger partial charge in [-0.05, 0) is 67.5 Å². The summed E-state index contributed by atoms with van der Waals surface area (Å²) in [6, 6.07) is 14.0. The minimum Gasteiger partial charge on any atom is -0.497 e.